The Balaban J connectivity index is 0.904. The van der Waals surface area contributed by atoms with Gasteiger partial charge in [-0.15, -0.1) is 11.3 Å². The molecule has 2 aromatic heterocycles. The average Bonchev–Trinajstić information content (AvgIpc) is 4.03. The first-order valence-electron chi connectivity index (χ1n) is 25.4. The van der Waals surface area contributed by atoms with E-state index in [4.69, 9.17) is 23.7 Å². The molecule has 6 rings (SSSR count). The number of carbonyl (C=O) groups is 4. The van der Waals surface area contributed by atoms with Crippen molar-refractivity contribution in [1.82, 2.24) is 36.1 Å². The van der Waals surface area contributed by atoms with E-state index in [1.54, 1.807) is 76.0 Å². The van der Waals surface area contributed by atoms with Crippen molar-refractivity contribution < 1.29 is 51.3 Å². The molecule has 0 aliphatic carbocycles. The van der Waals surface area contributed by atoms with Crippen molar-refractivity contribution in [3.05, 3.63) is 84.0 Å². The molecule has 19 nitrogen and oxygen atoms in total. The molecule has 1 saturated heterocycles. The molecule has 5 atom stereocenters. The van der Waals surface area contributed by atoms with Gasteiger partial charge in [-0.1, -0.05) is 58.0 Å². The molecule has 3 unspecified atom stereocenters. The van der Waals surface area contributed by atoms with Gasteiger partial charge in [-0.2, -0.15) is 0 Å². The zero-order valence-electron chi connectivity index (χ0n) is 44.5. The summed E-state index contributed by atoms with van der Waals surface area (Å²) in [7, 11) is -2.18. The number of likely N-dealkylation sites (tertiary alicyclic amines) is 1. The highest BCUT2D eigenvalue weighted by atomic mass is 32.2. The van der Waals surface area contributed by atoms with Gasteiger partial charge in [0, 0.05) is 41.6 Å². The quantitative estimate of drug-likeness (QED) is 0.0374. The first-order valence-corrected chi connectivity index (χ1v) is 27.7. The van der Waals surface area contributed by atoms with Crippen LogP contribution in [0.5, 0.6) is 5.75 Å². The van der Waals surface area contributed by atoms with E-state index in [0.29, 0.717) is 29.6 Å². The van der Waals surface area contributed by atoms with Crippen molar-refractivity contribution in [3.63, 3.8) is 0 Å². The SMILES string of the molecule is CCC(NC(=O)[C@@H]1C[C@H](NC(=O)COCCOCCOCCOCCOc2cc3nccc(Nc4ccc5scnc5c4)c3cc2S(=O)(=O)C(C)(C)C)CN1C(=O)C(NC(=O)C(C)NC)C(C)(C)C)c1ccccc1. The number of aromatic nitrogens is 2. The highest BCUT2D eigenvalue weighted by Gasteiger charge is 2.46. The van der Waals surface area contributed by atoms with Crippen molar-refractivity contribution in [1.29, 1.82) is 0 Å². The van der Waals surface area contributed by atoms with E-state index >= 15 is 0 Å². The third kappa shape index (κ3) is 15.9. The van der Waals surface area contributed by atoms with E-state index in [-0.39, 0.29) is 94.3 Å². The van der Waals surface area contributed by atoms with E-state index in [9.17, 15) is 27.6 Å². The highest BCUT2D eigenvalue weighted by molar-refractivity contribution is 7.92. The number of nitrogens with zero attached hydrogens (tertiary/aromatic N) is 3. The first kappa shape index (κ1) is 58.5. The van der Waals surface area contributed by atoms with Crippen LogP contribution in [0.4, 0.5) is 11.4 Å². The number of rotatable bonds is 27. The van der Waals surface area contributed by atoms with Gasteiger partial charge in [0.1, 0.15) is 35.9 Å². The molecule has 1 aliphatic rings. The lowest BCUT2D eigenvalue weighted by atomic mass is 9.85. The number of hydrogen-bond donors (Lipinski definition) is 5. The summed E-state index contributed by atoms with van der Waals surface area (Å²) in [6, 6.07) is 17.3. The number of amides is 4. The van der Waals surface area contributed by atoms with E-state index < -0.39 is 56.0 Å². The van der Waals surface area contributed by atoms with Gasteiger partial charge in [0.05, 0.1) is 84.3 Å². The number of fused-ring (bicyclic) bond motifs is 2. The summed E-state index contributed by atoms with van der Waals surface area (Å²) in [5.41, 5.74) is 4.97. The van der Waals surface area contributed by atoms with E-state index in [1.807, 2.05) is 76.2 Å². The molecule has 5 N–H and O–H groups in total. The summed E-state index contributed by atoms with van der Waals surface area (Å²) in [5.74, 6) is -1.32. The third-order valence-corrected chi connectivity index (χ3v) is 16.1. The van der Waals surface area contributed by atoms with Crippen LogP contribution in [-0.4, -0.2) is 149 Å². The zero-order valence-corrected chi connectivity index (χ0v) is 46.2. The third-order valence-electron chi connectivity index (χ3n) is 12.8. The molecule has 75 heavy (non-hydrogen) atoms. The van der Waals surface area contributed by atoms with Gasteiger partial charge in [0.15, 0.2) is 9.84 Å². The number of carbonyl (C=O) groups excluding carboxylic acids is 4. The molecule has 21 heteroatoms. The molecule has 1 fully saturated rings. The summed E-state index contributed by atoms with van der Waals surface area (Å²) in [5, 5.41) is 15.9. The number of hydrogen-bond acceptors (Lipinski definition) is 16. The molecular weight excluding hydrogens is 1000 g/mol. The maximum Gasteiger partial charge on any atom is 0.246 e. The fourth-order valence-corrected chi connectivity index (χ4v) is 10.3. The minimum Gasteiger partial charge on any atom is -0.490 e. The Morgan fingerprint density at radius 2 is 1.48 bits per heavy atom. The second-order valence-electron chi connectivity index (χ2n) is 20.4. The molecule has 3 aromatic carbocycles. The monoisotopic (exact) mass is 1070 g/mol. The lowest BCUT2D eigenvalue weighted by molar-refractivity contribution is -0.144. The number of pyridine rings is 1. The Kier molecular flexibility index (Phi) is 20.9. The number of anilines is 2. The number of thiazole rings is 1. The molecule has 0 bridgehead atoms. The van der Waals surface area contributed by atoms with E-state index in [0.717, 1.165) is 21.5 Å². The lowest BCUT2D eigenvalue weighted by Gasteiger charge is -2.36. The van der Waals surface area contributed by atoms with Crippen LogP contribution in [0.1, 0.15) is 79.8 Å². The maximum absolute atomic E-state index is 14.3. The van der Waals surface area contributed by atoms with Gasteiger partial charge in [0.2, 0.25) is 23.6 Å². The largest absolute Gasteiger partial charge is 0.490 e. The van der Waals surface area contributed by atoms with Crippen molar-refractivity contribution in [2.45, 2.75) is 108 Å². The topological polar surface area (TPSA) is 238 Å². The van der Waals surface area contributed by atoms with Crippen LogP contribution in [-0.2, 0) is 48.0 Å². The number of benzene rings is 3. The summed E-state index contributed by atoms with van der Waals surface area (Å²) in [6.45, 7) is 15.7. The molecule has 0 saturated carbocycles. The molecule has 1 aliphatic heterocycles. The van der Waals surface area contributed by atoms with Crippen molar-refractivity contribution in [3.8, 4) is 5.75 Å². The zero-order chi connectivity index (χ0) is 54.3. The molecule has 408 valence electrons. The fraction of sp³-hybridized carbons (Fsp3) is 0.519. The van der Waals surface area contributed by atoms with E-state index in [1.165, 1.54) is 4.90 Å². The molecule has 4 amide bonds. The summed E-state index contributed by atoms with van der Waals surface area (Å²) in [4.78, 5) is 64.9. The minimum absolute atomic E-state index is 0.0612. The lowest BCUT2D eigenvalue weighted by Crippen LogP contribution is -2.59. The maximum atomic E-state index is 14.3. The molecule has 0 radical (unpaired) electrons. The van der Waals surface area contributed by atoms with Gasteiger partial charge in [0.25, 0.3) is 0 Å². The first-order chi connectivity index (χ1) is 35.7. The van der Waals surface area contributed by atoms with Crippen LogP contribution in [0.3, 0.4) is 0 Å². The highest BCUT2D eigenvalue weighted by Crippen LogP contribution is 2.38. The number of sulfone groups is 1. The van der Waals surface area contributed by atoms with Gasteiger partial charge >= 0.3 is 0 Å². The number of nitrogens with one attached hydrogen (secondary N) is 5. The summed E-state index contributed by atoms with van der Waals surface area (Å²) in [6.07, 6.45) is 2.46. The number of likely N-dealkylation sites (N-methyl/N-ethyl adjacent to an activating group) is 1. The Hall–Kier alpha value is -5.81. The van der Waals surface area contributed by atoms with Crippen LogP contribution in [0.15, 0.2) is 83.3 Å². The predicted molar refractivity (Wildman–Crippen MR) is 290 cm³/mol. The molecule has 0 spiro atoms. The molecular formula is C54H74N8O11S2. The Morgan fingerprint density at radius 1 is 0.813 bits per heavy atom. The second kappa shape index (κ2) is 26.8. The Morgan fingerprint density at radius 3 is 2.12 bits per heavy atom. The number of ether oxygens (including phenoxy) is 5. The predicted octanol–water partition coefficient (Wildman–Crippen LogP) is 6.10. The second-order valence-corrected chi connectivity index (χ2v) is 24.0. The normalized spacial score (nSPS) is 16.4. The minimum atomic E-state index is -3.84. The summed E-state index contributed by atoms with van der Waals surface area (Å²) >= 11 is 1.56. The van der Waals surface area contributed by atoms with Crippen LogP contribution in [0.25, 0.3) is 21.1 Å². The molecule has 5 aromatic rings. The van der Waals surface area contributed by atoms with Crippen LogP contribution >= 0.6 is 11.3 Å². The van der Waals surface area contributed by atoms with Gasteiger partial charge in [-0.05, 0) is 88.9 Å². The van der Waals surface area contributed by atoms with Crippen LogP contribution in [0, 0.1) is 5.41 Å². The summed E-state index contributed by atoms with van der Waals surface area (Å²) < 4.78 is 56.3. The van der Waals surface area contributed by atoms with Gasteiger partial charge in [-0.25, -0.2) is 13.4 Å². The van der Waals surface area contributed by atoms with Crippen LogP contribution < -0.4 is 31.3 Å². The van der Waals surface area contributed by atoms with Crippen LogP contribution in [0.2, 0.25) is 0 Å². The fourth-order valence-electron chi connectivity index (χ4n) is 8.33. The molecule has 3 heterocycles. The van der Waals surface area contributed by atoms with Crippen molar-refractivity contribution in [2.75, 3.05) is 78.4 Å². The van der Waals surface area contributed by atoms with Crippen molar-refractivity contribution in [2.24, 2.45) is 5.41 Å². The smallest absolute Gasteiger partial charge is 0.246 e. The van der Waals surface area contributed by atoms with E-state index in [2.05, 4.69) is 36.6 Å². The standard InChI is InChI=1S/C54H74N8O11S2/c1-10-40(36-14-12-11-13-15-36)60-51(65)44-29-38(32-62(44)52(66)49(53(3,4)5)61-50(64)35(2)55-9)59-48(63)33-72-25-24-70-21-20-69-22-23-71-26-27-73-45-31-42-39(30-47(45)75(67,68)54(6,7)8)41(18-19-56-42)58-37-16-17-46-43(28-37)57-34-74-46/h11-19,28,30-31,34-35,38,40,44,49,55H,10,20-27,29,32-33H2,1-9H3,(H,56,58)(H,59,63)(H,60,65)(H,61,64)/t35?,38-,40?,44-,49?/m0/s1. The van der Waals surface area contributed by atoms with Gasteiger partial charge in [-0.3, -0.25) is 24.2 Å². The van der Waals surface area contributed by atoms with Crippen molar-refractivity contribution >= 4 is 77.3 Å². The Bertz CT molecular complexity index is 2820. The van der Waals surface area contributed by atoms with Gasteiger partial charge < -0.3 is 55.2 Å². The average molecular weight is 1080 g/mol. The Labute approximate surface area is 444 Å².